The van der Waals surface area contributed by atoms with Crippen LogP contribution in [0.25, 0.3) is 0 Å². The molecule has 0 bridgehead atoms. The van der Waals surface area contributed by atoms with Crippen molar-refractivity contribution in [1.82, 2.24) is 9.62 Å². The number of hydrogen-bond donors (Lipinski definition) is 1. The Morgan fingerprint density at radius 2 is 2.11 bits per heavy atom. The monoisotopic (exact) mass is 396 g/mol. The van der Waals surface area contributed by atoms with Crippen LogP contribution in [0.2, 0.25) is 0 Å². The highest BCUT2D eigenvalue weighted by Gasteiger charge is 2.37. The van der Waals surface area contributed by atoms with E-state index in [4.69, 9.17) is 9.47 Å². The van der Waals surface area contributed by atoms with Gasteiger partial charge >= 0.3 is 0 Å². The Kier molecular flexibility index (Phi) is 5.40. The Hall–Kier alpha value is -1.80. The third-order valence-corrected chi connectivity index (χ3v) is 6.48. The summed E-state index contributed by atoms with van der Waals surface area (Å²) in [6, 6.07) is 5.38. The maximum atomic E-state index is 12.9. The van der Waals surface area contributed by atoms with E-state index in [0.717, 1.165) is 11.3 Å². The number of ether oxygens (including phenoxy) is 2. The van der Waals surface area contributed by atoms with Crippen LogP contribution < -0.4 is 14.8 Å². The van der Waals surface area contributed by atoms with Gasteiger partial charge in [-0.25, -0.2) is 12.7 Å². The summed E-state index contributed by atoms with van der Waals surface area (Å²) in [6.45, 7) is 4.70. The summed E-state index contributed by atoms with van der Waals surface area (Å²) in [5.74, 6) is 0.990. The predicted molar refractivity (Wildman–Crippen MR) is 102 cm³/mol. The minimum atomic E-state index is -3.28. The number of hydrogen-bond acceptors (Lipinski definition) is 5. The van der Waals surface area contributed by atoms with E-state index in [2.05, 4.69) is 5.32 Å². The molecule has 2 atom stereocenters. The molecule has 2 aliphatic heterocycles. The van der Waals surface area contributed by atoms with Gasteiger partial charge in [-0.2, -0.15) is 0 Å². The van der Waals surface area contributed by atoms with E-state index in [0.29, 0.717) is 31.6 Å². The number of nitrogens with zero attached hydrogens (tertiary/aromatic N) is 1. The first kappa shape index (κ1) is 19.9. The maximum absolute atomic E-state index is 12.9. The molecule has 0 saturated carbocycles. The van der Waals surface area contributed by atoms with E-state index in [1.165, 1.54) is 10.6 Å². The number of piperidine rings is 1. The second-order valence-electron chi connectivity index (χ2n) is 7.99. The van der Waals surface area contributed by atoms with Gasteiger partial charge in [-0.3, -0.25) is 4.79 Å². The topological polar surface area (TPSA) is 84.9 Å². The fourth-order valence-corrected chi connectivity index (χ4v) is 4.75. The molecule has 8 heteroatoms. The van der Waals surface area contributed by atoms with Gasteiger partial charge in [0.1, 0.15) is 17.1 Å². The van der Waals surface area contributed by atoms with Gasteiger partial charge in [-0.1, -0.05) is 0 Å². The number of amides is 1. The lowest BCUT2D eigenvalue weighted by Crippen LogP contribution is -2.47. The standard InChI is InChI=1S/C19H28N2O5S/c1-19(2)11-16(15-10-14(25-3)7-8-17(15)26-19)20-18(22)13-6-5-9-21(12-13)27(4,23)24/h7-8,10,13,16H,5-6,9,11-12H2,1-4H3,(H,20,22)/t13-,16-/m0/s1. The van der Waals surface area contributed by atoms with Crippen molar-refractivity contribution in [1.29, 1.82) is 0 Å². The number of sulfonamides is 1. The minimum absolute atomic E-state index is 0.111. The first-order valence-electron chi connectivity index (χ1n) is 9.21. The van der Waals surface area contributed by atoms with Gasteiger partial charge in [0.2, 0.25) is 15.9 Å². The van der Waals surface area contributed by atoms with Gasteiger partial charge in [0.05, 0.1) is 25.3 Å². The number of carbonyl (C=O) groups is 1. The molecule has 7 nitrogen and oxygen atoms in total. The van der Waals surface area contributed by atoms with Gasteiger partial charge < -0.3 is 14.8 Å². The van der Waals surface area contributed by atoms with E-state index in [1.807, 2.05) is 32.0 Å². The maximum Gasteiger partial charge on any atom is 0.224 e. The van der Waals surface area contributed by atoms with Crippen LogP contribution in [0.1, 0.15) is 44.7 Å². The van der Waals surface area contributed by atoms with Crippen molar-refractivity contribution in [2.75, 3.05) is 26.5 Å². The minimum Gasteiger partial charge on any atom is -0.497 e. The summed E-state index contributed by atoms with van der Waals surface area (Å²) >= 11 is 0. The highest BCUT2D eigenvalue weighted by atomic mass is 32.2. The molecule has 0 unspecified atom stereocenters. The molecule has 2 heterocycles. The number of rotatable bonds is 4. The van der Waals surface area contributed by atoms with Crippen molar-refractivity contribution < 1.29 is 22.7 Å². The average Bonchev–Trinajstić information content (AvgIpc) is 2.60. The van der Waals surface area contributed by atoms with E-state index in [1.54, 1.807) is 7.11 Å². The number of methoxy groups -OCH3 is 1. The fourth-order valence-electron chi connectivity index (χ4n) is 3.84. The van der Waals surface area contributed by atoms with Crippen LogP contribution in [0, 0.1) is 5.92 Å². The highest BCUT2D eigenvalue weighted by Crippen LogP contribution is 2.41. The molecule has 3 rings (SSSR count). The Balaban J connectivity index is 1.79. The molecule has 1 fully saturated rings. The Morgan fingerprint density at radius 3 is 2.78 bits per heavy atom. The number of nitrogens with one attached hydrogen (secondary N) is 1. The van der Waals surface area contributed by atoms with Crippen LogP contribution >= 0.6 is 0 Å². The summed E-state index contributed by atoms with van der Waals surface area (Å²) in [5.41, 5.74) is 0.475. The SMILES string of the molecule is COc1ccc2c(c1)[C@@H](NC(=O)[C@H]1CCCN(S(C)(=O)=O)C1)CC(C)(C)O2. The van der Waals surface area contributed by atoms with Gasteiger partial charge in [0.25, 0.3) is 0 Å². The molecule has 0 spiro atoms. The third kappa shape index (κ3) is 4.55. The van der Waals surface area contributed by atoms with Gasteiger partial charge in [-0.05, 0) is 44.9 Å². The smallest absolute Gasteiger partial charge is 0.224 e. The first-order chi connectivity index (χ1) is 12.6. The van der Waals surface area contributed by atoms with E-state index < -0.39 is 15.6 Å². The van der Waals surface area contributed by atoms with Crippen molar-refractivity contribution in [3.8, 4) is 11.5 Å². The van der Waals surface area contributed by atoms with E-state index >= 15 is 0 Å². The van der Waals surface area contributed by atoms with Crippen molar-refractivity contribution in [3.05, 3.63) is 23.8 Å². The molecular weight excluding hydrogens is 368 g/mol. The van der Waals surface area contributed by atoms with Crippen LogP contribution in [-0.4, -0.2) is 50.7 Å². The van der Waals surface area contributed by atoms with Gasteiger partial charge in [-0.15, -0.1) is 0 Å². The first-order valence-corrected chi connectivity index (χ1v) is 11.1. The zero-order valence-corrected chi connectivity index (χ0v) is 17.1. The fraction of sp³-hybridized carbons (Fsp3) is 0.632. The summed E-state index contributed by atoms with van der Waals surface area (Å²) in [4.78, 5) is 12.9. The van der Waals surface area contributed by atoms with Crippen LogP contribution in [-0.2, 0) is 14.8 Å². The third-order valence-electron chi connectivity index (χ3n) is 5.21. The number of fused-ring (bicyclic) bond motifs is 1. The Morgan fingerprint density at radius 1 is 1.37 bits per heavy atom. The lowest BCUT2D eigenvalue weighted by atomic mass is 9.88. The molecule has 0 aromatic heterocycles. The van der Waals surface area contributed by atoms with Gasteiger partial charge in [0.15, 0.2) is 0 Å². The molecular formula is C19H28N2O5S. The van der Waals surface area contributed by atoms with Crippen LogP contribution in [0.15, 0.2) is 18.2 Å². The summed E-state index contributed by atoms with van der Waals surface area (Å²) in [5, 5.41) is 3.13. The lowest BCUT2D eigenvalue weighted by Gasteiger charge is -2.39. The second kappa shape index (κ2) is 7.31. The molecule has 0 aliphatic carbocycles. The van der Waals surface area contributed by atoms with Crippen LogP contribution in [0.3, 0.4) is 0 Å². The quantitative estimate of drug-likeness (QED) is 0.842. The zero-order valence-electron chi connectivity index (χ0n) is 16.3. The highest BCUT2D eigenvalue weighted by molar-refractivity contribution is 7.88. The molecule has 1 aromatic rings. The van der Waals surface area contributed by atoms with E-state index in [9.17, 15) is 13.2 Å². The van der Waals surface area contributed by atoms with Crippen LogP contribution in [0.5, 0.6) is 11.5 Å². The molecule has 150 valence electrons. The van der Waals surface area contributed by atoms with E-state index in [-0.39, 0.29) is 24.4 Å². The molecule has 1 saturated heterocycles. The molecule has 1 N–H and O–H groups in total. The summed E-state index contributed by atoms with van der Waals surface area (Å²) in [7, 11) is -1.68. The average molecular weight is 397 g/mol. The van der Waals surface area contributed by atoms with Crippen LogP contribution in [0.4, 0.5) is 0 Å². The van der Waals surface area contributed by atoms with Crippen molar-refractivity contribution in [3.63, 3.8) is 0 Å². The normalized spacial score (nSPS) is 25.2. The largest absolute Gasteiger partial charge is 0.497 e. The lowest BCUT2D eigenvalue weighted by molar-refractivity contribution is -0.127. The molecule has 1 aromatic carbocycles. The molecule has 1 amide bonds. The van der Waals surface area contributed by atoms with Crippen molar-refractivity contribution in [2.24, 2.45) is 5.92 Å². The molecule has 0 radical (unpaired) electrons. The molecule has 27 heavy (non-hydrogen) atoms. The van der Waals surface area contributed by atoms with Gasteiger partial charge in [0, 0.05) is 25.1 Å². The summed E-state index contributed by atoms with van der Waals surface area (Å²) < 4.78 is 36.4. The predicted octanol–water partition coefficient (Wildman–Crippen LogP) is 2.09. The Bertz CT molecular complexity index is 821. The number of benzene rings is 1. The molecule has 2 aliphatic rings. The zero-order chi connectivity index (χ0) is 19.8. The van der Waals surface area contributed by atoms with Crippen molar-refractivity contribution in [2.45, 2.75) is 44.8 Å². The summed E-state index contributed by atoms with van der Waals surface area (Å²) in [6.07, 6.45) is 3.20. The number of carbonyl (C=O) groups excluding carboxylic acids is 1. The Labute approximate surface area is 161 Å². The second-order valence-corrected chi connectivity index (χ2v) is 9.97. The van der Waals surface area contributed by atoms with Crippen molar-refractivity contribution >= 4 is 15.9 Å².